The molecule has 1 aromatic heterocycles. The van der Waals surface area contributed by atoms with Crippen molar-refractivity contribution in [3.8, 4) is 0 Å². The summed E-state index contributed by atoms with van der Waals surface area (Å²) < 4.78 is 8.35. The van der Waals surface area contributed by atoms with Crippen LogP contribution in [0.3, 0.4) is 0 Å². The summed E-state index contributed by atoms with van der Waals surface area (Å²) in [6, 6.07) is 24.3. The number of ketones is 1. The maximum atomic E-state index is 13.9. The van der Waals surface area contributed by atoms with Crippen molar-refractivity contribution in [2.24, 2.45) is 0 Å². The van der Waals surface area contributed by atoms with E-state index in [0.29, 0.717) is 17.9 Å². The number of thioether (sulfide) groups is 1. The zero-order valence-electron chi connectivity index (χ0n) is 29.2. The molecule has 1 aliphatic carbocycles. The number of Topliss-reactive ketones (excluding diaryl/α,β-unsaturated/α-hetero) is 1. The minimum Gasteiger partial charge on any atom is -0.398 e. The minimum absolute atomic E-state index is 0.0327. The summed E-state index contributed by atoms with van der Waals surface area (Å²) in [5, 5.41) is 3.01. The second-order valence-electron chi connectivity index (χ2n) is 12.4. The van der Waals surface area contributed by atoms with Crippen molar-refractivity contribution in [2.75, 3.05) is 53.0 Å². The molecule has 9 heteroatoms. The first-order chi connectivity index (χ1) is 23.8. The zero-order chi connectivity index (χ0) is 34.5. The number of fused-ring (bicyclic) bond motifs is 2. The van der Waals surface area contributed by atoms with E-state index in [9.17, 15) is 9.59 Å². The summed E-state index contributed by atoms with van der Waals surface area (Å²) in [5.74, 6) is 2.63. The molecule has 0 radical (unpaired) electrons. The normalized spacial score (nSPS) is 14.9. The van der Waals surface area contributed by atoms with E-state index in [4.69, 9.17) is 4.42 Å². The Bertz CT molecular complexity index is 1910. The van der Waals surface area contributed by atoms with Crippen LogP contribution in [0.25, 0.3) is 17.2 Å². The van der Waals surface area contributed by atoms with Gasteiger partial charge in [0.05, 0.1) is 17.5 Å². The van der Waals surface area contributed by atoms with E-state index in [1.807, 2.05) is 73.6 Å². The summed E-state index contributed by atoms with van der Waals surface area (Å²) in [5.41, 5.74) is 7.49. The number of oxazole rings is 1. The summed E-state index contributed by atoms with van der Waals surface area (Å²) in [6.45, 7) is 8.72. The number of para-hydroxylation sites is 4. The molecular weight excluding hydrogens is 631 g/mol. The molecule has 254 valence electrons. The number of hydrogen-bond acceptors (Lipinski definition) is 7. The third-order valence-corrected chi connectivity index (χ3v) is 10.3. The van der Waals surface area contributed by atoms with Gasteiger partial charge in [-0.3, -0.25) is 9.59 Å². The van der Waals surface area contributed by atoms with Gasteiger partial charge in [0.1, 0.15) is 12.4 Å². The highest BCUT2D eigenvalue weighted by molar-refractivity contribution is 8.03. The third-order valence-electron chi connectivity index (χ3n) is 9.08. The molecule has 3 aromatic carbocycles. The van der Waals surface area contributed by atoms with Gasteiger partial charge in [-0.2, -0.15) is 4.57 Å². The number of unbranched alkanes of at least 4 members (excludes halogenated alkanes) is 2. The molecule has 8 nitrogen and oxygen atoms in total. The number of aromatic nitrogens is 1. The number of nitrogens with zero attached hydrogens (tertiary/aromatic N) is 4. The Hall–Kier alpha value is -4.76. The molecule has 0 spiro atoms. The van der Waals surface area contributed by atoms with Crippen LogP contribution in [0.1, 0.15) is 52.3 Å². The fourth-order valence-corrected chi connectivity index (χ4v) is 7.70. The number of anilines is 4. The quantitative estimate of drug-likeness (QED) is 0.0821. The van der Waals surface area contributed by atoms with Crippen LogP contribution in [0.4, 0.5) is 22.7 Å². The molecule has 6 rings (SSSR count). The van der Waals surface area contributed by atoms with Crippen LogP contribution in [0.15, 0.2) is 105 Å². The number of hydrogen-bond donors (Lipinski definition) is 1. The lowest BCUT2D eigenvalue weighted by Crippen LogP contribution is -2.34. The number of allylic oxidation sites excluding steroid dienone is 3. The van der Waals surface area contributed by atoms with Crippen molar-refractivity contribution in [1.82, 2.24) is 0 Å². The smallest absolute Gasteiger partial charge is 0.374 e. The average Bonchev–Trinajstić information content (AvgIpc) is 3.63. The molecule has 0 saturated heterocycles. The highest BCUT2D eigenvalue weighted by atomic mass is 32.2. The molecule has 2 heterocycles. The summed E-state index contributed by atoms with van der Waals surface area (Å²) in [7, 11) is 3.99. The lowest BCUT2D eigenvalue weighted by molar-refractivity contribution is -0.674. The number of amides is 1. The predicted molar refractivity (Wildman–Crippen MR) is 203 cm³/mol. The molecule has 4 aromatic rings. The molecule has 1 N–H and O–H groups in total. The molecule has 2 aliphatic rings. The number of nitrogens with one attached hydrogen (secondary N) is 1. The van der Waals surface area contributed by atoms with E-state index in [0.717, 1.165) is 94.8 Å². The largest absolute Gasteiger partial charge is 0.398 e. The zero-order valence-corrected chi connectivity index (χ0v) is 30.0. The van der Waals surface area contributed by atoms with Gasteiger partial charge >= 0.3 is 5.89 Å². The highest BCUT2D eigenvalue weighted by Crippen LogP contribution is 2.45. The fourth-order valence-electron chi connectivity index (χ4n) is 6.53. The number of carbonyl (C=O) groups excluding carboxylic acids is 2. The molecule has 0 bridgehead atoms. The van der Waals surface area contributed by atoms with Crippen molar-refractivity contribution in [2.45, 2.75) is 53.0 Å². The fraction of sp³-hybridized carbons (Fsp3) is 0.325. The standard InChI is InChI=1S/C40H45N5O3S/c1-6-43-32-16-11-12-17-33(32)44(7-2)37(43)26-30-39(47)31(27-38-45(8-3)34-18-13-14-19-35(34)48-38)40(30)49-25-15-9-10-20-36(46)41-28-21-23-29(24-22-28)42(4)5/h11-14,16-19,21-24,26-27H,6-10,15,20,25H2,1-5H3/p+1. The topological polar surface area (TPSA) is 72.9 Å². The predicted octanol–water partition coefficient (Wildman–Crippen LogP) is 8.17. The van der Waals surface area contributed by atoms with Crippen LogP contribution < -0.4 is 24.6 Å². The minimum atomic E-state index is 0.0327. The van der Waals surface area contributed by atoms with Gasteiger partial charge < -0.3 is 24.4 Å². The van der Waals surface area contributed by atoms with E-state index < -0.39 is 0 Å². The Kier molecular flexibility index (Phi) is 10.6. The van der Waals surface area contributed by atoms with Gasteiger partial charge in [-0.1, -0.05) is 30.7 Å². The van der Waals surface area contributed by atoms with Crippen molar-refractivity contribution in [3.63, 3.8) is 0 Å². The second-order valence-corrected chi connectivity index (χ2v) is 13.5. The van der Waals surface area contributed by atoms with Gasteiger partial charge in [0, 0.05) is 67.1 Å². The van der Waals surface area contributed by atoms with Gasteiger partial charge in [-0.05, 0) is 87.9 Å². The number of benzene rings is 3. The van der Waals surface area contributed by atoms with Crippen molar-refractivity contribution in [1.29, 1.82) is 0 Å². The van der Waals surface area contributed by atoms with E-state index in [2.05, 4.69) is 70.8 Å². The summed E-state index contributed by atoms with van der Waals surface area (Å²) in [4.78, 5) is 34.1. The Morgan fingerprint density at radius 3 is 2.20 bits per heavy atom. The Balaban J connectivity index is 1.18. The molecule has 0 unspecified atom stereocenters. The van der Waals surface area contributed by atoms with Gasteiger partial charge in [0.15, 0.2) is 5.78 Å². The Morgan fingerprint density at radius 2 is 1.55 bits per heavy atom. The van der Waals surface area contributed by atoms with Gasteiger partial charge in [0.2, 0.25) is 11.5 Å². The van der Waals surface area contributed by atoms with Crippen molar-refractivity contribution in [3.05, 3.63) is 107 Å². The highest BCUT2D eigenvalue weighted by Gasteiger charge is 2.37. The van der Waals surface area contributed by atoms with Crippen LogP contribution >= 0.6 is 11.8 Å². The average molecular weight is 677 g/mol. The molecule has 0 atom stereocenters. The lowest BCUT2D eigenvalue weighted by atomic mass is 9.89. The van der Waals surface area contributed by atoms with E-state index in [1.54, 1.807) is 11.8 Å². The van der Waals surface area contributed by atoms with E-state index in [-0.39, 0.29) is 11.7 Å². The Morgan fingerprint density at radius 1 is 0.878 bits per heavy atom. The SMILES string of the molecule is CCN1C(=CC2=C(SCCCCCC(=O)Nc3ccc(N(C)C)cc3)/C(=C\c3oc4ccccc4[n+]3CC)C2=O)N(CC)c2ccccc21. The molecule has 0 fully saturated rings. The van der Waals surface area contributed by atoms with Crippen molar-refractivity contribution >= 4 is 63.4 Å². The van der Waals surface area contributed by atoms with Crippen LogP contribution in [-0.2, 0) is 16.1 Å². The van der Waals surface area contributed by atoms with Gasteiger partial charge in [-0.25, -0.2) is 0 Å². The van der Waals surface area contributed by atoms with Crippen molar-refractivity contribution < 1.29 is 18.6 Å². The maximum Gasteiger partial charge on any atom is 0.374 e. The Labute approximate surface area is 293 Å². The van der Waals surface area contributed by atoms with Gasteiger partial charge in [-0.15, -0.1) is 11.8 Å². The molecule has 1 amide bonds. The first-order valence-electron chi connectivity index (χ1n) is 17.3. The molecule has 1 aliphatic heterocycles. The molecule has 49 heavy (non-hydrogen) atoms. The van der Waals surface area contributed by atoms with Crippen LogP contribution in [0, 0.1) is 0 Å². The van der Waals surface area contributed by atoms with Crippen LogP contribution in [0.2, 0.25) is 0 Å². The first-order valence-corrected chi connectivity index (χ1v) is 18.3. The summed E-state index contributed by atoms with van der Waals surface area (Å²) >= 11 is 1.73. The molecule has 0 saturated carbocycles. The van der Waals surface area contributed by atoms with E-state index >= 15 is 0 Å². The lowest BCUT2D eigenvalue weighted by Gasteiger charge is -2.28. The van der Waals surface area contributed by atoms with Crippen LogP contribution in [-0.4, -0.2) is 44.6 Å². The van der Waals surface area contributed by atoms with Crippen LogP contribution in [0.5, 0.6) is 0 Å². The first kappa shape index (κ1) is 34.1. The van der Waals surface area contributed by atoms with E-state index in [1.165, 1.54) is 0 Å². The summed E-state index contributed by atoms with van der Waals surface area (Å²) in [6.07, 6.45) is 7.16. The third kappa shape index (κ3) is 7.04. The monoisotopic (exact) mass is 676 g/mol. The molecular formula is C40H46N5O3S+. The maximum absolute atomic E-state index is 13.9. The second kappa shape index (κ2) is 15.2. The number of aryl methyl sites for hydroxylation is 1. The van der Waals surface area contributed by atoms with Gasteiger partial charge in [0.25, 0.3) is 5.52 Å². The number of carbonyl (C=O) groups is 2. The number of rotatable bonds is 14.